The van der Waals surface area contributed by atoms with Gasteiger partial charge in [0.15, 0.2) is 9.84 Å². The second kappa shape index (κ2) is 6.26. The monoisotopic (exact) mass is 294 g/mol. The Morgan fingerprint density at radius 3 is 2.65 bits per heavy atom. The standard InChI is InChI=1S/C13H18N4O2S/c14-13-7-6-11(16-17-15)8-10(13)9-20(18,19)12-4-2-1-3-5-12/h1-5,10-11,13H,6-9,14H2/t10-,11+,13+/m1/s1. The van der Waals surface area contributed by atoms with Crippen LogP contribution in [0.25, 0.3) is 10.4 Å². The number of nitrogens with two attached hydrogens (primary N) is 1. The fourth-order valence-corrected chi connectivity index (χ4v) is 4.35. The van der Waals surface area contributed by atoms with Crippen LogP contribution in [0.15, 0.2) is 40.3 Å². The summed E-state index contributed by atoms with van der Waals surface area (Å²) in [6.07, 6.45) is 1.96. The minimum Gasteiger partial charge on any atom is -0.327 e. The lowest BCUT2D eigenvalue weighted by Gasteiger charge is -2.31. The van der Waals surface area contributed by atoms with Crippen LogP contribution >= 0.6 is 0 Å². The van der Waals surface area contributed by atoms with Gasteiger partial charge in [0.05, 0.1) is 10.6 Å². The molecular formula is C13H18N4O2S. The highest BCUT2D eigenvalue weighted by Crippen LogP contribution is 2.28. The van der Waals surface area contributed by atoms with E-state index in [1.807, 2.05) is 0 Å². The van der Waals surface area contributed by atoms with E-state index in [0.29, 0.717) is 17.7 Å². The van der Waals surface area contributed by atoms with Crippen molar-refractivity contribution >= 4 is 9.84 Å². The summed E-state index contributed by atoms with van der Waals surface area (Å²) >= 11 is 0. The molecule has 2 N–H and O–H groups in total. The van der Waals surface area contributed by atoms with Crippen LogP contribution in [0, 0.1) is 5.92 Å². The van der Waals surface area contributed by atoms with Crippen LogP contribution < -0.4 is 5.73 Å². The third kappa shape index (κ3) is 3.50. The van der Waals surface area contributed by atoms with Crippen LogP contribution in [0.3, 0.4) is 0 Å². The predicted molar refractivity (Wildman–Crippen MR) is 76.7 cm³/mol. The first-order valence-corrected chi connectivity index (χ1v) is 8.26. The molecule has 108 valence electrons. The zero-order valence-electron chi connectivity index (χ0n) is 11.1. The topological polar surface area (TPSA) is 109 Å². The van der Waals surface area contributed by atoms with Gasteiger partial charge >= 0.3 is 0 Å². The molecule has 1 aromatic carbocycles. The normalized spacial score (nSPS) is 26.8. The molecule has 0 bridgehead atoms. The lowest BCUT2D eigenvalue weighted by atomic mass is 9.83. The summed E-state index contributed by atoms with van der Waals surface area (Å²) in [4.78, 5) is 3.13. The van der Waals surface area contributed by atoms with E-state index >= 15 is 0 Å². The van der Waals surface area contributed by atoms with E-state index in [4.69, 9.17) is 11.3 Å². The molecule has 1 aromatic rings. The maximum absolute atomic E-state index is 12.4. The van der Waals surface area contributed by atoms with E-state index in [1.165, 1.54) is 0 Å². The van der Waals surface area contributed by atoms with E-state index in [2.05, 4.69) is 10.0 Å². The molecular weight excluding hydrogens is 276 g/mol. The summed E-state index contributed by atoms with van der Waals surface area (Å²) in [6, 6.07) is 8.08. The van der Waals surface area contributed by atoms with Crippen LogP contribution in [-0.4, -0.2) is 26.3 Å². The van der Waals surface area contributed by atoms with Gasteiger partial charge in [-0.15, -0.1) is 0 Å². The van der Waals surface area contributed by atoms with Gasteiger partial charge in [0, 0.05) is 17.0 Å². The maximum atomic E-state index is 12.4. The molecule has 0 amide bonds. The van der Waals surface area contributed by atoms with Gasteiger partial charge in [-0.2, -0.15) is 0 Å². The number of sulfone groups is 1. The molecule has 1 aliphatic carbocycles. The van der Waals surface area contributed by atoms with E-state index < -0.39 is 9.84 Å². The van der Waals surface area contributed by atoms with Gasteiger partial charge in [-0.05, 0) is 42.8 Å². The lowest BCUT2D eigenvalue weighted by molar-refractivity contribution is 0.300. The molecule has 6 nitrogen and oxygen atoms in total. The predicted octanol–water partition coefficient (Wildman–Crippen LogP) is 2.27. The number of azide groups is 1. The molecule has 20 heavy (non-hydrogen) atoms. The molecule has 1 aliphatic rings. The van der Waals surface area contributed by atoms with Crippen LogP contribution in [0.5, 0.6) is 0 Å². The van der Waals surface area contributed by atoms with Gasteiger partial charge in [-0.3, -0.25) is 0 Å². The zero-order valence-corrected chi connectivity index (χ0v) is 11.9. The third-order valence-corrected chi connectivity index (χ3v) is 5.62. The average Bonchev–Trinajstić information content (AvgIpc) is 2.44. The molecule has 0 spiro atoms. The fraction of sp³-hybridized carbons (Fsp3) is 0.538. The van der Waals surface area contributed by atoms with E-state index in [9.17, 15) is 8.42 Å². The fourth-order valence-electron chi connectivity index (χ4n) is 2.64. The molecule has 1 saturated carbocycles. The summed E-state index contributed by atoms with van der Waals surface area (Å²) in [7, 11) is -3.35. The molecule has 7 heteroatoms. The van der Waals surface area contributed by atoms with Crippen LogP contribution in [0.1, 0.15) is 19.3 Å². The van der Waals surface area contributed by atoms with Crippen LogP contribution in [-0.2, 0) is 9.84 Å². The minimum absolute atomic E-state index is 0.00955. The van der Waals surface area contributed by atoms with Gasteiger partial charge in [0.1, 0.15) is 0 Å². The first kappa shape index (κ1) is 14.8. The van der Waals surface area contributed by atoms with Crippen LogP contribution in [0.4, 0.5) is 0 Å². The molecule has 0 saturated heterocycles. The molecule has 1 fully saturated rings. The minimum atomic E-state index is -3.35. The maximum Gasteiger partial charge on any atom is 0.178 e. The van der Waals surface area contributed by atoms with E-state index in [0.717, 1.165) is 6.42 Å². The lowest BCUT2D eigenvalue weighted by Crippen LogP contribution is -2.41. The van der Waals surface area contributed by atoms with Gasteiger partial charge in [-0.1, -0.05) is 23.3 Å². The van der Waals surface area contributed by atoms with Crippen molar-refractivity contribution in [3.63, 3.8) is 0 Å². The third-order valence-electron chi connectivity index (χ3n) is 3.76. The Morgan fingerprint density at radius 1 is 1.30 bits per heavy atom. The second-order valence-corrected chi connectivity index (χ2v) is 7.22. The summed E-state index contributed by atoms with van der Waals surface area (Å²) in [5.74, 6) is -0.153. The zero-order chi connectivity index (χ0) is 14.6. The Morgan fingerprint density at radius 2 is 2.00 bits per heavy atom. The van der Waals surface area contributed by atoms with Crippen molar-refractivity contribution in [3.8, 4) is 0 Å². The highest BCUT2D eigenvalue weighted by molar-refractivity contribution is 7.91. The average molecular weight is 294 g/mol. The SMILES string of the molecule is [N-]=[N+]=N[C@H]1CC[C@H](N)[C@@H](CS(=O)(=O)c2ccccc2)C1. The number of nitrogens with zero attached hydrogens (tertiary/aromatic N) is 3. The van der Waals surface area contributed by atoms with Crippen molar-refractivity contribution in [1.82, 2.24) is 0 Å². The molecule has 0 heterocycles. The van der Waals surface area contributed by atoms with Crippen molar-refractivity contribution in [3.05, 3.63) is 40.8 Å². The molecule has 0 unspecified atom stereocenters. The van der Waals surface area contributed by atoms with Crippen molar-refractivity contribution in [2.45, 2.75) is 36.2 Å². The van der Waals surface area contributed by atoms with Gasteiger partial charge < -0.3 is 5.73 Å². The quantitative estimate of drug-likeness (QED) is 0.522. The molecule has 2 rings (SSSR count). The first-order valence-electron chi connectivity index (χ1n) is 6.60. The first-order chi connectivity index (χ1) is 9.53. The summed E-state index contributed by atoms with van der Waals surface area (Å²) < 4.78 is 24.7. The Bertz CT molecular complexity index is 596. The van der Waals surface area contributed by atoms with Crippen molar-refractivity contribution < 1.29 is 8.42 Å². The van der Waals surface area contributed by atoms with E-state index in [-0.39, 0.29) is 23.8 Å². The Kier molecular flexibility index (Phi) is 4.65. The van der Waals surface area contributed by atoms with Gasteiger partial charge in [-0.25, -0.2) is 8.42 Å². The highest BCUT2D eigenvalue weighted by atomic mass is 32.2. The number of hydrogen-bond acceptors (Lipinski definition) is 4. The Balaban J connectivity index is 2.13. The second-order valence-electron chi connectivity index (χ2n) is 5.19. The van der Waals surface area contributed by atoms with Crippen molar-refractivity contribution in [1.29, 1.82) is 0 Å². The van der Waals surface area contributed by atoms with Crippen molar-refractivity contribution in [2.24, 2.45) is 16.8 Å². The highest BCUT2D eigenvalue weighted by Gasteiger charge is 2.31. The van der Waals surface area contributed by atoms with Gasteiger partial charge in [0.2, 0.25) is 0 Å². The number of hydrogen-bond donors (Lipinski definition) is 1. The van der Waals surface area contributed by atoms with E-state index in [1.54, 1.807) is 30.3 Å². The molecule has 0 aliphatic heterocycles. The van der Waals surface area contributed by atoms with Crippen LogP contribution in [0.2, 0.25) is 0 Å². The number of benzene rings is 1. The Hall–Kier alpha value is -1.56. The Labute approximate surface area is 118 Å². The molecule has 0 aromatic heterocycles. The van der Waals surface area contributed by atoms with Gasteiger partial charge in [0.25, 0.3) is 0 Å². The summed E-state index contributed by atoms with van der Waals surface area (Å²) in [5, 5.41) is 3.70. The molecule has 0 radical (unpaired) electrons. The largest absolute Gasteiger partial charge is 0.327 e. The van der Waals surface area contributed by atoms with Crippen molar-refractivity contribution in [2.75, 3.05) is 5.75 Å². The summed E-state index contributed by atoms with van der Waals surface area (Å²) in [6.45, 7) is 0. The molecule has 3 atom stereocenters. The smallest absolute Gasteiger partial charge is 0.178 e. The summed E-state index contributed by atoms with van der Waals surface area (Å²) in [5.41, 5.74) is 14.5. The number of rotatable bonds is 4.